The Hall–Kier alpha value is -1.06. The van der Waals surface area contributed by atoms with Crippen LogP contribution in [0, 0.1) is 0 Å². The van der Waals surface area contributed by atoms with Crippen LogP contribution in [0.5, 0.6) is 0 Å². The van der Waals surface area contributed by atoms with E-state index in [0.29, 0.717) is 12.8 Å². The molecule has 0 spiro atoms. The van der Waals surface area contributed by atoms with Gasteiger partial charge in [0.1, 0.15) is 0 Å². The lowest BCUT2D eigenvalue weighted by molar-refractivity contribution is -0.164. The van der Waals surface area contributed by atoms with Gasteiger partial charge in [0.2, 0.25) is 0 Å². The molecule has 0 aromatic carbocycles. The Kier molecular flexibility index (Phi) is 43.4. The number of aliphatic carboxylic acids is 1. The highest BCUT2D eigenvalue weighted by Gasteiger charge is 2.21. The molecule has 52 heavy (non-hydrogen) atoms. The maximum absolute atomic E-state index is 12.3. The van der Waals surface area contributed by atoms with Gasteiger partial charge in [-0.25, -0.2) is 4.79 Å². The molecule has 0 aliphatic rings. The van der Waals surface area contributed by atoms with Gasteiger partial charge in [0.15, 0.2) is 6.10 Å². The molecule has 0 aromatic rings. The fraction of sp³-hybridized carbons (Fsp3) is 0.958. The van der Waals surface area contributed by atoms with E-state index in [1.807, 2.05) is 0 Å². The minimum Gasteiger partial charge on any atom is -0.479 e. The van der Waals surface area contributed by atoms with E-state index in [-0.39, 0.29) is 5.97 Å². The number of hydrogen-bond donors (Lipinski definition) is 1. The molecule has 0 aromatic heterocycles. The molecule has 0 saturated heterocycles. The molecule has 4 heteroatoms. The summed E-state index contributed by atoms with van der Waals surface area (Å²) >= 11 is 0. The van der Waals surface area contributed by atoms with Gasteiger partial charge in [-0.05, 0) is 19.3 Å². The summed E-state index contributed by atoms with van der Waals surface area (Å²) in [5.74, 6) is -1.33. The van der Waals surface area contributed by atoms with Gasteiger partial charge in [-0.2, -0.15) is 0 Å². The van der Waals surface area contributed by atoms with Crippen LogP contribution in [0.15, 0.2) is 0 Å². The summed E-state index contributed by atoms with van der Waals surface area (Å²) in [6, 6.07) is 0. The highest BCUT2D eigenvalue weighted by molar-refractivity contribution is 5.77. The largest absolute Gasteiger partial charge is 0.479 e. The lowest BCUT2D eigenvalue weighted by Crippen LogP contribution is -2.27. The molecule has 0 radical (unpaired) electrons. The van der Waals surface area contributed by atoms with Crippen molar-refractivity contribution in [2.45, 2.75) is 296 Å². The first-order chi connectivity index (χ1) is 25.6. The van der Waals surface area contributed by atoms with Crippen molar-refractivity contribution in [3.63, 3.8) is 0 Å². The quantitative estimate of drug-likeness (QED) is 0.0500. The van der Waals surface area contributed by atoms with Crippen LogP contribution in [0.1, 0.15) is 290 Å². The smallest absolute Gasteiger partial charge is 0.345 e. The third kappa shape index (κ3) is 41.7. The minimum absolute atomic E-state index is 0.335. The first-order valence-electron chi connectivity index (χ1n) is 24.0. The molecule has 0 bridgehead atoms. The van der Waals surface area contributed by atoms with Gasteiger partial charge in [0.05, 0.1) is 0 Å². The third-order valence-electron chi connectivity index (χ3n) is 11.4. The molecular formula is C48H94O4. The number of hydrogen-bond acceptors (Lipinski definition) is 3. The van der Waals surface area contributed by atoms with E-state index < -0.39 is 12.1 Å². The van der Waals surface area contributed by atoms with E-state index in [1.165, 1.54) is 225 Å². The number of carboxylic acid groups (broad SMARTS) is 1. The molecule has 0 aliphatic carbocycles. The second-order valence-corrected chi connectivity index (χ2v) is 16.6. The van der Waals surface area contributed by atoms with Crippen LogP contribution in [0.25, 0.3) is 0 Å². The Labute approximate surface area is 326 Å². The molecule has 0 rings (SSSR count). The average Bonchev–Trinajstić information content (AvgIpc) is 3.14. The van der Waals surface area contributed by atoms with Crippen molar-refractivity contribution < 1.29 is 19.4 Å². The highest BCUT2D eigenvalue weighted by atomic mass is 16.6. The Balaban J connectivity index is 3.43. The molecule has 0 fully saturated rings. The summed E-state index contributed by atoms with van der Waals surface area (Å²) in [5, 5.41) is 9.55. The number of rotatable bonds is 45. The van der Waals surface area contributed by atoms with Gasteiger partial charge < -0.3 is 9.84 Å². The van der Waals surface area contributed by atoms with Crippen LogP contribution in [0.3, 0.4) is 0 Å². The minimum atomic E-state index is -0.995. The normalized spacial score (nSPS) is 12.0. The second-order valence-electron chi connectivity index (χ2n) is 16.6. The number of carboxylic acids is 1. The Morgan fingerprint density at radius 2 is 0.558 bits per heavy atom. The Bertz CT molecular complexity index is 706. The molecule has 1 N–H and O–H groups in total. The average molecular weight is 735 g/mol. The molecule has 310 valence electrons. The first-order valence-corrected chi connectivity index (χ1v) is 24.0. The molecule has 1 unspecified atom stereocenters. The van der Waals surface area contributed by atoms with Crippen molar-refractivity contribution in [1.29, 1.82) is 0 Å². The predicted octanol–water partition coefficient (Wildman–Crippen LogP) is 16.8. The van der Waals surface area contributed by atoms with Crippen LogP contribution in [0.4, 0.5) is 0 Å². The maximum atomic E-state index is 12.3. The number of ether oxygens (including phenoxy) is 1. The fourth-order valence-corrected chi connectivity index (χ4v) is 7.74. The zero-order valence-corrected chi connectivity index (χ0v) is 35.7. The molecule has 1 atom stereocenters. The third-order valence-corrected chi connectivity index (χ3v) is 11.4. The summed E-state index contributed by atoms with van der Waals surface area (Å²) in [4.78, 5) is 23.9. The van der Waals surface area contributed by atoms with Gasteiger partial charge in [-0.3, -0.25) is 4.79 Å². The van der Waals surface area contributed by atoms with E-state index in [2.05, 4.69) is 13.8 Å². The van der Waals surface area contributed by atoms with Crippen molar-refractivity contribution >= 4 is 11.9 Å². The summed E-state index contributed by atoms with van der Waals surface area (Å²) < 4.78 is 5.36. The van der Waals surface area contributed by atoms with E-state index in [9.17, 15) is 14.7 Å². The summed E-state index contributed by atoms with van der Waals surface area (Å²) in [6.45, 7) is 4.58. The van der Waals surface area contributed by atoms with Crippen molar-refractivity contribution in [2.24, 2.45) is 0 Å². The Morgan fingerprint density at radius 3 is 0.788 bits per heavy atom. The van der Waals surface area contributed by atoms with Crippen LogP contribution in [0.2, 0.25) is 0 Å². The number of unbranched alkanes of at least 4 members (excludes halogenated alkanes) is 39. The summed E-state index contributed by atoms with van der Waals surface area (Å²) in [6.07, 6.45) is 54.6. The standard InChI is InChI=1S/C48H94O4/c1-3-5-7-9-11-13-15-17-19-21-23-25-27-29-31-33-35-37-39-41-43-45-47(49)52-46(48(50)51)44-42-40-38-36-34-32-30-28-26-24-22-20-18-16-14-12-10-8-6-4-2/h46H,3-45H2,1-2H3,(H,50,51). The number of carbonyl (C=O) groups is 2. The van der Waals surface area contributed by atoms with Crippen molar-refractivity contribution in [3.05, 3.63) is 0 Å². The fourth-order valence-electron chi connectivity index (χ4n) is 7.74. The van der Waals surface area contributed by atoms with E-state index in [0.717, 1.165) is 38.5 Å². The van der Waals surface area contributed by atoms with Gasteiger partial charge in [0.25, 0.3) is 0 Å². The van der Waals surface area contributed by atoms with Crippen molar-refractivity contribution in [3.8, 4) is 0 Å². The topological polar surface area (TPSA) is 63.6 Å². The van der Waals surface area contributed by atoms with E-state index in [4.69, 9.17) is 4.74 Å². The van der Waals surface area contributed by atoms with Crippen LogP contribution >= 0.6 is 0 Å². The molecule has 0 saturated carbocycles. The predicted molar refractivity (Wildman–Crippen MR) is 227 cm³/mol. The van der Waals surface area contributed by atoms with E-state index in [1.54, 1.807) is 0 Å². The molecular weight excluding hydrogens is 641 g/mol. The lowest BCUT2D eigenvalue weighted by atomic mass is 10.0. The monoisotopic (exact) mass is 735 g/mol. The van der Waals surface area contributed by atoms with E-state index >= 15 is 0 Å². The summed E-state index contributed by atoms with van der Waals surface area (Å²) in [5.41, 5.74) is 0. The van der Waals surface area contributed by atoms with Crippen LogP contribution in [-0.2, 0) is 14.3 Å². The van der Waals surface area contributed by atoms with Crippen LogP contribution in [-0.4, -0.2) is 23.1 Å². The zero-order valence-electron chi connectivity index (χ0n) is 35.7. The maximum Gasteiger partial charge on any atom is 0.345 e. The molecule has 0 amide bonds. The SMILES string of the molecule is CCCCCCCCCCCCCCCCCCCCCCCC(=O)OC(CCCCCCCCCCCCCCCCCCCCCC)C(=O)O. The highest BCUT2D eigenvalue weighted by Crippen LogP contribution is 2.18. The molecule has 0 heterocycles. The van der Waals surface area contributed by atoms with Gasteiger partial charge in [-0.1, -0.05) is 264 Å². The van der Waals surface area contributed by atoms with Gasteiger partial charge in [0, 0.05) is 6.42 Å². The van der Waals surface area contributed by atoms with Crippen molar-refractivity contribution in [2.75, 3.05) is 0 Å². The number of carbonyl (C=O) groups excluding carboxylic acids is 1. The van der Waals surface area contributed by atoms with Crippen LogP contribution < -0.4 is 0 Å². The zero-order chi connectivity index (χ0) is 37.8. The second kappa shape index (κ2) is 44.3. The molecule has 4 nitrogen and oxygen atoms in total. The van der Waals surface area contributed by atoms with Gasteiger partial charge >= 0.3 is 11.9 Å². The number of esters is 1. The first kappa shape index (κ1) is 50.9. The summed E-state index contributed by atoms with van der Waals surface area (Å²) in [7, 11) is 0. The Morgan fingerprint density at radius 1 is 0.346 bits per heavy atom. The van der Waals surface area contributed by atoms with Gasteiger partial charge in [-0.15, -0.1) is 0 Å². The lowest BCUT2D eigenvalue weighted by Gasteiger charge is -2.13. The molecule has 0 aliphatic heterocycles. The van der Waals surface area contributed by atoms with Crippen molar-refractivity contribution in [1.82, 2.24) is 0 Å².